The number of hydrogen-bond donors (Lipinski definition) is 1. The fraction of sp³-hybridized carbons (Fsp3) is 0.464. The van der Waals surface area contributed by atoms with Crippen molar-refractivity contribution in [3.05, 3.63) is 58.7 Å². The molecule has 4 rings (SSSR count). The number of amides is 4. The van der Waals surface area contributed by atoms with Gasteiger partial charge >= 0.3 is 6.03 Å². The number of carbonyl (C=O) groups excluding carboxylic acids is 3. The first-order valence-electron chi connectivity index (χ1n) is 12.6. The van der Waals surface area contributed by atoms with Crippen LogP contribution < -0.4 is 10.2 Å². The van der Waals surface area contributed by atoms with E-state index in [0.717, 1.165) is 41.0 Å². The van der Waals surface area contributed by atoms with Crippen molar-refractivity contribution >= 4 is 29.2 Å². The molecule has 2 aromatic rings. The molecular formula is C28H33F2N3O3. The lowest BCUT2D eigenvalue weighted by Gasteiger charge is -2.38. The summed E-state index contributed by atoms with van der Waals surface area (Å²) in [4.78, 5) is 42.5. The van der Waals surface area contributed by atoms with Gasteiger partial charge in [0.2, 0.25) is 5.91 Å². The number of hydrogen-bond acceptors (Lipinski definition) is 3. The molecule has 0 unspecified atom stereocenters. The summed E-state index contributed by atoms with van der Waals surface area (Å²) in [6, 6.07) is 7.36. The zero-order valence-electron chi connectivity index (χ0n) is 21.3. The molecule has 1 N–H and O–H groups in total. The maximum absolute atomic E-state index is 14.4. The summed E-state index contributed by atoms with van der Waals surface area (Å²) < 4.78 is 28.9. The lowest BCUT2D eigenvalue weighted by Crippen LogP contribution is -2.51. The standard InChI is InChI=1S/C28H33F2N3O3/c1-5-19-9-10-21(17(2)3)24(13-19)31-25(34)16-32-26(35)28(11-7-6-8-12-28)33(27(32)36)20-14-22(29)18(4)23(30)15-20/h9-10,13-15,17H,5-8,11-12,16H2,1-4H3,(H,31,34). The summed E-state index contributed by atoms with van der Waals surface area (Å²) in [5, 5.41) is 2.88. The fourth-order valence-electron chi connectivity index (χ4n) is 5.34. The van der Waals surface area contributed by atoms with Crippen LogP contribution in [-0.4, -0.2) is 34.8 Å². The normalized spacial score (nSPS) is 17.4. The van der Waals surface area contributed by atoms with Crippen LogP contribution in [0.25, 0.3) is 0 Å². The molecule has 0 aromatic heterocycles. The van der Waals surface area contributed by atoms with Crippen molar-refractivity contribution in [3.8, 4) is 0 Å². The predicted molar refractivity (Wildman–Crippen MR) is 135 cm³/mol. The minimum atomic E-state index is -1.24. The van der Waals surface area contributed by atoms with Gasteiger partial charge in [0.1, 0.15) is 23.7 Å². The third-order valence-electron chi connectivity index (χ3n) is 7.42. The number of halogens is 2. The molecule has 1 aliphatic carbocycles. The van der Waals surface area contributed by atoms with Gasteiger partial charge < -0.3 is 5.32 Å². The van der Waals surface area contributed by atoms with Crippen molar-refractivity contribution in [1.29, 1.82) is 0 Å². The van der Waals surface area contributed by atoms with Crippen LogP contribution in [0.2, 0.25) is 0 Å². The topological polar surface area (TPSA) is 69.7 Å². The molecule has 2 fully saturated rings. The quantitative estimate of drug-likeness (QED) is 0.493. The first-order valence-corrected chi connectivity index (χ1v) is 12.6. The highest BCUT2D eigenvalue weighted by molar-refractivity contribution is 6.18. The third kappa shape index (κ3) is 4.49. The smallest absolute Gasteiger partial charge is 0.324 e. The molecule has 1 spiro atoms. The molecule has 1 saturated heterocycles. The molecule has 1 heterocycles. The van der Waals surface area contributed by atoms with Crippen molar-refractivity contribution in [2.24, 2.45) is 0 Å². The van der Waals surface area contributed by atoms with E-state index in [-0.39, 0.29) is 17.2 Å². The summed E-state index contributed by atoms with van der Waals surface area (Å²) in [5.74, 6) is -2.40. The molecule has 0 radical (unpaired) electrons. The van der Waals surface area contributed by atoms with E-state index in [1.54, 1.807) is 0 Å². The lowest BCUT2D eigenvalue weighted by atomic mass is 9.80. The Morgan fingerprint density at radius 2 is 1.69 bits per heavy atom. The van der Waals surface area contributed by atoms with Crippen LogP contribution in [-0.2, 0) is 16.0 Å². The zero-order chi connectivity index (χ0) is 26.2. The van der Waals surface area contributed by atoms with E-state index in [4.69, 9.17) is 0 Å². The van der Waals surface area contributed by atoms with Gasteiger partial charge in [-0.25, -0.2) is 13.6 Å². The zero-order valence-corrected chi connectivity index (χ0v) is 21.3. The summed E-state index contributed by atoms with van der Waals surface area (Å²) >= 11 is 0. The van der Waals surface area contributed by atoms with E-state index in [0.29, 0.717) is 31.4 Å². The van der Waals surface area contributed by atoms with Gasteiger partial charge in [0.05, 0.1) is 5.69 Å². The van der Waals surface area contributed by atoms with Gasteiger partial charge in [-0.3, -0.25) is 19.4 Å². The predicted octanol–water partition coefficient (Wildman–Crippen LogP) is 6.07. The molecule has 1 saturated carbocycles. The van der Waals surface area contributed by atoms with Gasteiger partial charge in [0, 0.05) is 11.3 Å². The van der Waals surface area contributed by atoms with Crippen LogP contribution in [0.15, 0.2) is 30.3 Å². The van der Waals surface area contributed by atoms with Crippen LogP contribution in [0.5, 0.6) is 0 Å². The average molecular weight is 498 g/mol. The molecule has 0 bridgehead atoms. The Labute approximate surface area is 210 Å². The highest BCUT2D eigenvalue weighted by Crippen LogP contribution is 2.43. The number of rotatable bonds is 6. The van der Waals surface area contributed by atoms with Crippen LogP contribution in [0, 0.1) is 18.6 Å². The summed E-state index contributed by atoms with van der Waals surface area (Å²) in [6.45, 7) is 6.91. The number of aryl methyl sites for hydroxylation is 1. The van der Waals surface area contributed by atoms with Gasteiger partial charge in [-0.05, 0) is 61.4 Å². The van der Waals surface area contributed by atoms with Crippen LogP contribution in [0.3, 0.4) is 0 Å². The average Bonchev–Trinajstić information content (AvgIpc) is 3.03. The third-order valence-corrected chi connectivity index (χ3v) is 7.42. The Kier molecular flexibility index (Phi) is 7.16. The Bertz CT molecular complexity index is 1180. The molecular weight excluding hydrogens is 464 g/mol. The van der Waals surface area contributed by atoms with Crippen molar-refractivity contribution in [3.63, 3.8) is 0 Å². The number of imide groups is 1. The number of nitrogens with zero attached hydrogens (tertiary/aromatic N) is 2. The van der Waals surface area contributed by atoms with E-state index in [9.17, 15) is 23.2 Å². The molecule has 192 valence electrons. The van der Waals surface area contributed by atoms with Crippen LogP contribution in [0.1, 0.15) is 75.5 Å². The molecule has 6 nitrogen and oxygen atoms in total. The number of urea groups is 1. The fourth-order valence-corrected chi connectivity index (χ4v) is 5.34. The maximum atomic E-state index is 14.4. The van der Waals surface area contributed by atoms with Crippen molar-refractivity contribution in [1.82, 2.24) is 4.90 Å². The van der Waals surface area contributed by atoms with E-state index in [2.05, 4.69) is 5.32 Å². The van der Waals surface area contributed by atoms with Crippen LogP contribution >= 0.6 is 0 Å². The lowest BCUT2D eigenvalue weighted by molar-refractivity contribution is -0.134. The molecule has 2 aliphatic rings. The SMILES string of the molecule is CCc1ccc(C(C)C)c(NC(=O)CN2C(=O)N(c3cc(F)c(C)c(F)c3)C3(CCCCC3)C2=O)c1. The Hall–Kier alpha value is -3.29. The van der Waals surface area contributed by atoms with Crippen LogP contribution in [0.4, 0.5) is 25.0 Å². The Balaban J connectivity index is 1.65. The van der Waals surface area contributed by atoms with Crippen molar-refractivity contribution < 1.29 is 23.2 Å². The molecule has 36 heavy (non-hydrogen) atoms. The Morgan fingerprint density at radius 1 is 1.06 bits per heavy atom. The van der Waals surface area contributed by atoms with Gasteiger partial charge in [-0.2, -0.15) is 0 Å². The number of anilines is 2. The minimum Gasteiger partial charge on any atom is -0.324 e. The highest BCUT2D eigenvalue weighted by atomic mass is 19.1. The second kappa shape index (κ2) is 9.99. The molecule has 1 aliphatic heterocycles. The van der Waals surface area contributed by atoms with E-state index >= 15 is 0 Å². The second-order valence-corrected chi connectivity index (χ2v) is 10.1. The Morgan fingerprint density at radius 3 is 2.28 bits per heavy atom. The first-order chi connectivity index (χ1) is 17.1. The molecule has 2 aromatic carbocycles. The minimum absolute atomic E-state index is 0.00324. The first kappa shape index (κ1) is 25.8. The maximum Gasteiger partial charge on any atom is 0.332 e. The highest BCUT2D eigenvalue weighted by Gasteiger charge is 2.58. The van der Waals surface area contributed by atoms with Gasteiger partial charge in [0.25, 0.3) is 5.91 Å². The molecule has 4 amide bonds. The molecule has 8 heteroatoms. The number of carbonyl (C=O) groups is 3. The van der Waals surface area contributed by atoms with Gasteiger partial charge in [-0.1, -0.05) is 52.2 Å². The monoisotopic (exact) mass is 497 g/mol. The number of nitrogens with one attached hydrogen (secondary N) is 1. The summed E-state index contributed by atoms with van der Waals surface area (Å²) in [7, 11) is 0. The van der Waals surface area contributed by atoms with Gasteiger partial charge in [-0.15, -0.1) is 0 Å². The van der Waals surface area contributed by atoms with E-state index in [1.165, 1.54) is 11.8 Å². The van der Waals surface area contributed by atoms with E-state index in [1.807, 2.05) is 39.0 Å². The summed E-state index contributed by atoms with van der Waals surface area (Å²) in [5.41, 5.74) is 1.27. The largest absolute Gasteiger partial charge is 0.332 e. The van der Waals surface area contributed by atoms with Gasteiger partial charge in [0.15, 0.2) is 0 Å². The summed E-state index contributed by atoms with van der Waals surface area (Å²) in [6.07, 6.45) is 3.86. The molecule has 0 atom stereocenters. The van der Waals surface area contributed by atoms with E-state index < -0.39 is 41.6 Å². The second-order valence-electron chi connectivity index (χ2n) is 10.1. The van der Waals surface area contributed by atoms with Crippen molar-refractivity contribution in [2.75, 3.05) is 16.8 Å². The van der Waals surface area contributed by atoms with Crippen molar-refractivity contribution in [2.45, 2.75) is 77.7 Å². The number of benzene rings is 2.